The summed E-state index contributed by atoms with van der Waals surface area (Å²) in [5.41, 5.74) is 1.03. The van der Waals surface area contributed by atoms with E-state index in [4.69, 9.17) is 9.47 Å². The van der Waals surface area contributed by atoms with E-state index < -0.39 is 20.7 Å². The molecule has 1 fully saturated rings. The van der Waals surface area contributed by atoms with Gasteiger partial charge in [-0.05, 0) is 75.7 Å². The zero-order valence-electron chi connectivity index (χ0n) is 17.0. The summed E-state index contributed by atoms with van der Waals surface area (Å²) >= 11 is 0. The van der Waals surface area contributed by atoms with Crippen LogP contribution in [0.1, 0.15) is 27.2 Å². The quantitative estimate of drug-likeness (QED) is 0.777. The summed E-state index contributed by atoms with van der Waals surface area (Å²) < 4.78 is 36.8. The molecule has 2 aromatic rings. The molecule has 0 saturated carbocycles. The Morgan fingerprint density at radius 3 is 2.21 bits per heavy atom. The second-order valence-corrected chi connectivity index (χ2v) is 9.69. The molecular formula is C21H26N2O5S. The molecule has 0 aromatic heterocycles. The third-order valence-corrected chi connectivity index (χ3v) is 7.48. The van der Waals surface area contributed by atoms with E-state index in [0.717, 1.165) is 0 Å². The van der Waals surface area contributed by atoms with Crippen LogP contribution in [-0.2, 0) is 14.8 Å². The summed E-state index contributed by atoms with van der Waals surface area (Å²) in [6.07, 6.45) is 0.240. The molecule has 0 spiro atoms. The van der Waals surface area contributed by atoms with E-state index in [1.165, 1.54) is 11.2 Å². The van der Waals surface area contributed by atoms with E-state index in [1.807, 2.05) is 13.8 Å². The highest BCUT2D eigenvalue weighted by molar-refractivity contribution is 7.95. The molecule has 8 heteroatoms. The van der Waals surface area contributed by atoms with E-state index in [-0.39, 0.29) is 19.1 Å². The van der Waals surface area contributed by atoms with Gasteiger partial charge in [0.05, 0.1) is 18.9 Å². The standard InChI is InChI=1S/C21H26N2O5S/c1-15(2)28-19-9-5-16(6-10-19)22-20(24)21(3)13-14-23(29(21,25)26)17-7-11-18(27-4)12-8-17/h5-12,15H,13-14H2,1-4H3,(H,22,24)/t21-/m0/s1. The zero-order valence-corrected chi connectivity index (χ0v) is 17.8. The molecule has 0 radical (unpaired) electrons. The summed E-state index contributed by atoms with van der Waals surface area (Å²) in [4.78, 5) is 12.9. The summed E-state index contributed by atoms with van der Waals surface area (Å²) in [5, 5.41) is 2.73. The first kappa shape index (κ1) is 21.0. The van der Waals surface area contributed by atoms with Crippen LogP contribution in [0.25, 0.3) is 0 Å². The van der Waals surface area contributed by atoms with Crippen LogP contribution in [0, 0.1) is 0 Å². The molecule has 0 unspecified atom stereocenters. The van der Waals surface area contributed by atoms with Crippen molar-refractivity contribution in [2.75, 3.05) is 23.3 Å². The molecule has 1 N–H and O–H groups in total. The molecule has 156 valence electrons. The number of sulfonamides is 1. The van der Waals surface area contributed by atoms with Gasteiger partial charge in [0.1, 0.15) is 11.5 Å². The topological polar surface area (TPSA) is 84.9 Å². The van der Waals surface area contributed by atoms with Gasteiger partial charge in [0, 0.05) is 12.2 Å². The van der Waals surface area contributed by atoms with Gasteiger partial charge in [0.2, 0.25) is 15.9 Å². The lowest BCUT2D eigenvalue weighted by Gasteiger charge is -2.25. The Hall–Kier alpha value is -2.74. The number of hydrogen-bond donors (Lipinski definition) is 1. The van der Waals surface area contributed by atoms with Gasteiger partial charge in [-0.25, -0.2) is 8.42 Å². The second kappa shape index (κ2) is 7.94. The largest absolute Gasteiger partial charge is 0.497 e. The lowest BCUT2D eigenvalue weighted by molar-refractivity contribution is -0.118. The number of carbonyl (C=O) groups excluding carboxylic acids is 1. The van der Waals surface area contributed by atoms with Crippen molar-refractivity contribution in [2.45, 2.75) is 38.0 Å². The lowest BCUT2D eigenvalue weighted by atomic mass is 10.1. The minimum atomic E-state index is -3.89. The molecule has 3 rings (SSSR count). The van der Waals surface area contributed by atoms with E-state index in [2.05, 4.69) is 5.32 Å². The minimum absolute atomic E-state index is 0.0434. The first-order chi connectivity index (χ1) is 13.7. The minimum Gasteiger partial charge on any atom is -0.497 e. The molecule has 7 nitrogen and oxygen atoms in total. The van der Waals surface area contributed by atoms with Crippen molar-refractivity contribution >= 4 is 27.3 Å². The van der Waals surface area contributed by atoms with Crippen LogP contribution in [0.15, 0.2) is 48.5 Å². The van der Waals surface area contributed by atoms with Crippen molar-refractivity contribution in [3.63, 3.8) is 0 Å². The van der Waals surface area contributed by atoms with Crippen molar-refractivity contribution in [3.8, 4) is 11.5 Å². The van der Waals surface area contributed by atoms with Gasteiger partial charge < -0.3 is 14.8 Å². The van der Waals surface area contributed by atoms with Gasteiger partial charge in [-0.1, -0.05) is 0 Å². The van der Waals surface area contributed by atoms with E-state index in [1.54, 1.807) is 55.6 Å². The van der Waals surface area contributed by atoms with Gasteiger partial charge in [-0.15, -0.1) is 0 Å². The predicted octanol–water partition coefficient (Wildman–Crippen LogP) is 3.42. The number of carbonyl (C=O) groups is 1. The summed E-state index contributed by atoms with van der Waals surface area (Å²) in [7, 11) is -2.34. The van der Waals surface area contributed by atoms with Crippen molar-refractivity contribution in [1.82, 2.24) is 0 Å². The van der Waals surface area contributed by atoms with Crippen molar-refractivity contribution < 1.29 is 22.7 Å². The summed E-state index contributed by atoms with van der Waals surface area (Å²) in [6, 6.07) is 13.6. The Morgan fingerprint density at radius 2 is 1.66 bits per heavy atom. The van der Waals surface area contributed by atoms with Gasteiger partial charge in [0.15, 0.2) is 4.75 Å². The molecule has 1 heterocycles. The highest BCUT2D eigenvalue weighted by Crippen LogP contribution is 2.38. The van der Waals surface area contributed by atoms with Crippen LogP contribution < -0.4 is 19.1 Å². The zero-order chi connectivity index (χ0) is 21.2. The van der Waals surface area contributed by atoms with E-state index in [9.17, 15) is 13.2 Å². The van der Waals surface area contributed by atoms with Crippen LogP contribution >= 0.6 is 0 Å². The number of nitrogens with one attached hydrogen (secondary N) is 1. The molecule has 0 aliphatic carbocycles. The van der Waals surface area contributed by atoms with Gasteiger partial charge in [0.25, 0.3) is 0 Å². The number of benzene rings is 2. The van der Waals surface area contributed by atoms with Crippen LogP contribution in [0.5, 0.6) is 11.5 Å². The molecule has 1 aliphatic rings. The lowest BCUT2D eigenvalue weighted by Crippen LogP contribution is -2.47. The Labute approximate surface area is 171 Å². The van der Waals surface area contributed by atoms with E-state index >= 15 is 0 Å². The van der Waals surface area contributed by atoms with Crippen molar-refractivity contribution in [3.05, 3.63) is 48.5 Å². The first-order valence-electron chi connectivity index (χ1n) is 9.42. The number of amides is 1. The van der Waals surface area contributed by atoms with Crippen LogP contribution in [0.4, 0.5) is 11.4 Å². The fourth-order valence-corrected chi connectivity index (χ4v) is 5.06. The fourth-order valence-electron chi connectivity index (χ4n) is 3.21. The Morgan fingerprint density at radius 1 is 1.07 bits per heavy atom. The average Bonchev–Trinajstić information content (AvgIpc) is 2.93. The molecule has 0 bridgehead atoms. The Bertz CT molecular complexity index is 971. The maximum atomic E-state index is 13.2. The van der Waals surface area contributed by atoms with Crippen LogP contribution in [0.2, 0.25) is 0 Å². The molecule has 1 saturated heterocycles. The molecule has 1 aliphatic heterocycles. The number of hydrogen-bond acceptors (Lipinski definition) is 5. The SMILES string of the molecule is COc1ccc(N2CC[C@@](C)(C(=O)Nc3ccc(OC(C)C)cc3)S2(=O)=O)cc1. The van der Waals surface area contributed by atoms with Gasteiger partial charge >= 0.3 is 0 Å². The van der Waals surface area contributed by atoms with E-state index in [0.29, 0.717) is 22.9 Å². The fraction of sp³-hybridized carbons (Fsp3) is 0.381. The van der Waals surface area contributed by atoms with Crippen molar-refractivity contribution in [1.29, 1.82) is 0 Å². The number of methoxy groups -OCH3 is 1. The number of rotatable bonds is 6. The molecule has 1 amide bonds. The van der Waals surface area contributed by atoms with Crippen LogP contribution in [-0.4, -0.2) is 38.8 Å². The second-order valence-electron chi connectivity index (χ2n) is 7.40. The molecular weight excluding hydrogens is 392 g/mol. The molecule has 29 heavy (non-hydrogen) atoms. The molecule has 2 aromatic carbocycles. The highest BCUT2D eigenvalue weighted by atomic mass is 32.2. The third kappa shape index (κ3) is 4.03. The summed E-state index contributed by atoms with van der Waals surface area (Å²) in [5.74, 6) is 0.769. The average molecular weight is 419 g/mol. The third-order valence-electron chi connectivity index (χ3n) is 4.98. The molecule has 1 atom stereocenters. The number of anilines is 2. The van der Waals surface area contributed by atoms with Crippen molar-refractivity contribution in [2.24, 2.45) is 0 Å². The predicted molar refractivity (Wildman–Crippen MR) is 113 cm³/mol. The Kier molecular flexibility index (Phi) is 5.75. The number of ether oxygens (including phenoxy) is 2. The monoisotopic (exact) mass is 418 g/mol. The normalized spacial score (nSPS) is 20.5. The number of nitrogens with zero attached hydrogens (tertiary/aromatic N) is 1. The summed E-state index contributed by atoms with van der Waals surface area (Å²) in [6.45, 7) is 5.56. The smallest absolute Gasteiger partial charge is 0.249 e. The van der Waals surface area contributed by atoms with Gasteiger partial charge in [-0.3, -0.25) is 9.10 Å². The van der Waals surface area contributed by atoms with Gasteiger partial charge in [-0.2, -0.15) is 0 Å². The van der Waals surface area contributed by atoms with Crippen LogP contribution in [0.3, 0.4) is 0 Å². The highest BCUT2D eigenvalue weighted by Gasteiger charge is 2.54. The Balaban J connectivity index is 1.77. The first-order valence-corrected chi connectivity index (χ1v) is 10.9. The maximum Gasteiger partial charge on any atom is 0.249 e. The maximum absolute atomic E-state index is 13.2.